The summed E-state index contributed by atoms with van der Waals surface area (Å²) in [4.78, 5) is 34.2. The van der Waals surface area contributed by atoms with Gasteiger partial charge < -0.3 is 29.7 Å². The first-order valence-corrected chi connectivity index (χ1v) is 13.4. The van der Waals surface area contributed by atoms with Gasteiger partial charge in [0.2, 0.25) is 0 Å². The van der Waals surface area contributed by atoms with Crippen molar-refractivity contribution in [2.45, 2.75) is 18.5 Å². The summed E-state index contributed by atoms with van der Waals surface area (Å²) in [6, 6.07) is 17.6. The van der Waals surface area contributed by atoms with Crippen molar-refractivity contribution in [2.24, 2.45) is 0 Å². The molecule has 40 heavy (non-hydrogen) atoms. The highest BCUT2D eigenvalue weighted by atomic mass is 32.1. The Kier molecular flexibility index (Phi) is 6.71. The smallest absolute Gasteiger partial charge is 0.260 e. The van der Waals surface area contributed by atoms with Crippen LogP contribution in [0.25, 0.3) is 10.2 Å². The first kappa shape index (κ1) is 25.6. The molecule has 2 N–H and O–H groups in total. The fourth-order valence-electron chi connectivity index (χ4n) is 5.11. The van der Waals surface area contributed by atoms with Gasteiger partial charge in [0, 0.05) is 11.8 Å². The number of ether oxygens (including phenoxy) is 3. The maximum Gasteiger partial charge on any atom is 0.260 e. The normalized spacial score (nSPS) is 17.5. The summed E-state index contributed by atoms with van der Waals surface area (Å²) in [5.41, 5.74) is 2.39. The van der Waals surface area contributed by atoms with E-state index >= 15 is 0 Å². The molecule has 4 aromatic rings. The molecule has 6 rings (SSSR count). The van der Waals surface area contributed by atoms with E-state index in [-0.39, 0.29) is 11.3 Å². The van der Waals surface area contributed by atoms with Gasteiger partial charge in [-0.15, -0.1) is 0 Å². The van der Waals surface area contributed by atoms with E-state index in [9.17, 15) is 14.9 Å². The first-order valence-electron chi connectivity index (χ1n) is 12.6. The lowest BCUT2D eigenvalue weighted by Gasteiger charge is -2.52. The zero-order chi connectivity index (χ0) is 27.8. The second-order valence-corrected chi connectivity index (χ2v) is 10.5. The third kappa shape index (κ3) is 4.57. The SMILES string of the molecule is COc1ccc(C(=O)Nc2cccc(C#N)c2)c(NC(=O)c2c(OC)ccc3nc(N4C5COCC4C5)sc23)c1. The summed E-state index contributed by atoms with van der Waals surface area (Å²) < 4.78 is 17.2. The first-order chi connectivity index (χ1) is 19.5. The van der Waals surface area contributed by atoms with Crippen molar-refractivity contribution in [3.63, 3.8) is 0 Å². The number of benzene rings is 3. The molecule has 2 bridgehead atoms. The molecule has 2 aliphatic rings. The number of fused-ring (bicyclic) bond motifs is 3. The van der Waals surface area contributed by atoms with Gasteiger partial charge in [0.15, 0.2) is 5.13 Å². The van der Waals surface area contributed by atoms with Gasteiger partial charge >= 0.3 is 0 Å². The Morgan fingerprint density at radius 1 is 1.05 bits per heavy atom. The summed E-state index contributed by atoms with van der Waals surface area (Å²) in [6.45, 7) is 1.34. The van der Waals surface area contributed by atoms with Crippen LogP contribution < -0.4 is 25.0 Å². The number of nitrogens with zero attached hydrogens (tertiary/aromatic N) is 3. The molecule has 11 heteroatoms. The number of nitriles is 1. The van der Waals surface area contributed by atoms with Gasteiger partial charge in [0.1, 0.15) is 17.1 Å². The fraction of sp³-hybridized carbons (Fsp3) is 0.241. The van der Waals surface area contributed by atoms with Crippen LogP contribution in [-0.4, -0.2) is 56.3 Å². The van der Waals surface area contributed by atoms with Crippen molar-refractivity contribution in [1.82, 2.24) is 4.98 Å². The highest BCUT2D eigenvalue weighted by Crippen LogP contribution is 2.42. The number of carbonyl (C=O) groups excluding carboxylic acids is 2. The predicted molar refractivity (Wildman–Crippen MR) is 152 cm³/mol. The van der Waals surface area contributed by atoms with Crippen molar-refractivity contribution in [3.05, 3.63) is 71.3 Å². The van der Waals surface area contributed by atoms with Crippen LogP contribution in [0.4, 0.5) is 16.5 Å². The summed E-state index contributed by atoms with van der Waals surface area (Å²) >= 11 is 1.44. The third-order valence-corrected chi connectivity index (χ3v) is 8.20. The number of anilines is 3. The average molecular weight is 556 g/mol. The van der Waals surface area contributed by atoms with Crippen LogP contribution in [0.5, 0.6) is 11.5 Å². The highest BCUT2D eigenvalue weighted by molar-refractivity contribution is 7.22. The number of thiazole rings is 1. The largest absolute Gasteiger partial charge is 0.497 e. The molecule has 10 nitrogen and oxygen atoms in total. The van der Waals surface area contributed by atoms with Crippen LogP contribution in [0.1, 0.15) is 32.7 Å². The van der Waals surface area contributed by atoms with Gasteiger partial charge in [0.05, 0.1) is 72.6 Å². The van der Waals surface area contributed by atoms with Gasteiger partial charge in [0.25, 0.3) is 11.8 Å². The average Bonchev–Trinajstić information content (AvgIpc) is 3.39. The number of hydrogen-bond donors (Lipinski definition) is 2. The Hall–Kier alpha value is -4.66. The van der Waals surface area contributed by atoms with E-state index in [1.165, 1.54) is 25.6 Å². The van der Waals surface area contributed by atoms with Gasteiger partial charge in [-0.25, -0.2) is 4.98 Å². The zero-order valence-electron chi connectivity index (χ0n) is 21.8. The van der Waals surface area contributed by atoms with E-state index in [1.807, 2.05) is 6.07 Å². The molecule has 202 valence electrons. The third-order valence-electron chi connectivity index (χ3n) is 7.10. The number of carbonyl (C=O) groups is 2. The number of hydrogen-bond acceptors (Lipinski definition) is 9. The molecule has 3 heterocycles. The van der Waals surface area contributed by atoms with Crippen LogP contribution in [0.2, 0.25) is 0 Å². The summed E-state index contributed by atoms with van der Waals surface area (Å²) in [6.07, 6.45) is 1.08. The summed E-state index contributed by atoms with van der Waals surface area (Å²) in [7, 11) is 3.02. The molecule has 0 saturated carbocycles. The summed E-state index contributed by atoms with van der Waals surface area (Å²) in [5.74, 6) is -0.0342. The van der Waals surface area contributed by atoms with E-state index in [2.05, 4.69) is 21.6 Å². The molecule has 0 radical (unpaired) electrons. The van der Waals surface area contributed by atoms with Gasteiger partial charge in [-0.05, 0) is 48.9 Å². The van der Waals surface area contributed by atoms with Crippen molar-refractivity contribution in [2.75, 3.05) is 43.0 Å². The molecule has 0 aliphatic carbocycles. The Morgan fingerprint density at radius 2 is 1.88 bits per heavy atom. The van der Waals surface area contributed by atoms with Crippen molar-refractivity contribution in [3.8, 4) is 17.6 Å². The topological polar surface area (TPSA) is 126 Å². The molecule has 3 aromatic carbocycles. The van der Waals surface area contributed by atoms with E-state index < -0.39 is 11.8 Å². The maximum absolute atomic E-state index is 13.8. The molecular formula is C29H25N5O5S. The number of nitrogens with one attached hydrogen (secondary N) is 2. The van der Waals surface area contributed by atoms with Gasteiger partial charge in [-0.1, -0.05) is 17.4 Å². The maximum atomic E-state index is 13.8. The standard InChI is InChI=1S/C29H25N5O5S/c1-37-20-6-7-21(27(35)31-17-5-3-4-16(10-17)13-30)23(12-20)32-28(36)25-24(38-2)9-8-22-26(25)40-29(33-22)34-18-11-19(34)15-39-14-18/h3-10,12,18-19H,11,14-15H2,1-2H3,(H,31,35)(H,32,36). The monoisotopic (exact) mass is 555 g/mol. The second kappa shape index (κ2) is 10.5. The molecule has 1 aromatic heterocycles. The van der Waals surface area contributed by atoms with Crippen molar-refractivity contribution in [1.29, 1.82) is 5.26 Å². The van der Waals surface area contributed by atoms with E-state index in [1.54, 1.807) is 48.5 Å². The zero-order valence-corrected chi connectivity index (χ0v) is 22.6. The van der Waals surface area contributed by atoms with Crippen LogP contribution in [0, 0.1) is 11.3 Å². The van der Waals surface area contributed by atoms with Crippen LogP contribution in [0.3, 0.4) is 0 Å². The lowest BCUT2D eigenvalue weighted by molar-refractivity contribution is 0.0103. The molecule has 2 aliphatic heterocycles. The second-order valence-electron chi connectivity index (χ2n) is 9.49. The lowest BCUT2D eigenvalue weighted by Crippen LogP contribution is -2.64. The Balaban J connectivity index is 1.33. The Labute approximate surface area is 234 Å². The van der Waals surface area contributed by atoms with Crippen LogP contribution in [-0.2, 0) is 4.74 Å². The molecular weight excluding hydrogens is 530 g/mol. The Morgan fingerprint density at radius 3 is 2.60 bits per heavy atom. The number of amides is 2. The number of aromatic nitrogens is 1. The molecule has 0 spiro atoms. The van der Waals surface area contributed by atoms with Crippen molar-refractivity contribution < 1.29 is 23.8 Å². The van der Waals surface area contributed by atoms with E-state index in [0.717, 1.165) is 11.6 Å². The minimum Gasteiger partial charge on any atom is -0.497 e. The van der Waals surface area contributed by atoms with Crippen LogP contribution >= 0.6 is 11.3 Å². The van der Waals surface area contributed by atoms with E-state index in [4.69, 9.17) is 19.2 Å². The minimum atomic E-state index is -0.454. The molecule has 2 fully saturated rings. The van der Waals surface area contributed by atoms with Crippen molar-refractivity contribution >= 4 is 49.9 Å². The lowest BCUT2D eigenvalue weighted by atomic mass is 9.92. The Bertz CT molecular complexity index is 1670. The van der Waals surface area contributed by atoms with Gasteiger partial charge in [-0.2, -0.15) is 5.26 Å². The molecule has 2 amide bonds. The van der Waals surface area contributed by atoms with Gasteiger partial charge in [-0.3, -0.25) is 9.59 Å². The molecule has 2 unspecified atom stereocenters. The molecule has 2 atom stereocenters. The van der Waals surface area contributed by atoms with Crippen LogP contribution in [0.15, 0.2) is 54.6 Å². The number of methoxy groups -OCH3 is 2. The fourth-order valence-corrected chi connectivity index (χ4v) is 6.35. The summed E-state index contributed by atoms with van der Waals surface area (Å²) in [5, 5.41) is 15.7. The minimum absolute atomic E-state index is 0.223. The quantitative estimate of drug-likeness (QED) is 0.337. The predicted octanol–water partition coefficient (Wildman–Crippen LogP) is 4.67. The van der Waals surface area contributed by atoms with E-state index in [0.29, 0.717) is 63.8 Å². The number of rotatable bonds is 7. The molecule has 2 saturated heterocycles. The number of morpholine rings is 1. The highest BCUT2D eigenvalue weighted by Gasteiger charge is 2.44.